The third kappa shape index (κ3) is 2.83. The summed E-state index contributed by atoms with van der Waals surface area (Å²) in [5.74, 6) is -0.278. The first kappa shape index (κ1) is 15.7. The Balaban J connectivity index is 2.23. The van der Waals surface area contributed by atoms with Crippen molar-refractivity contribution in [2.45, 2.75) is 33.2 Å². The van der Waals surface area contributed by atoms with E-state index in [1.165, 1.54) is 10.9 Å². The van der Waals surface area contributed by atoms with Crippen molar-refractivity contribution in [2.75, 3.05) is 5.32 Å². The smallest absolute Gasteiger partial charge is 0.307 e. The van der Waals surface area contributed by atoms with Gasteiger partial charge in [0.15, 0.2) is 0 Å². The van der Waals surface area contributed by atoms with Crippen molar-refractivity contribution in [3.05, 3.63) is 33.9 Å². The molecule has 2 rings (SSSR count). The van der Waals surface area contributed by atoms with Gasteiger partial charge >= 0.3 is 5.69 Å². The Hall–Kier alpha value is -2.71. The molecule has 0 saturated carbocycles. The fourth-order valence-corrected chi connectivity index (χ4v) is 2.25. The average Bonchev–Trinajstić information content (AvgIpc) is 3.01. The lowest BCUT2D eigenvalue weighted by atomic mass is 10.2. The number of carbonyl (C=O) groups is 1. The molecule has 1 amide bonds. The minimum absolute atomic E-state index is 0.139. The molecule has 2 aromatic rings. The molecule has 0 spiro atoms. The van der Waals surface area contributed by atoms with Crippen LogP contribution in [0.4, 0.5) is 11.4 Å². The zero-order valence-electron chi connectivity index (χ0n) is 12.9. The van der Waals surface area contributed by atoms with Crippen molar-refractivity contribution in [1.29, 1.82) is 0 Å². The van der Waals surface area contributed by atoms with E-state index in [0.717, 1.165) is 17.6 Å². The van der Waals surface area contributed by atoms with Gasteiger partial charge < -0.3 is 5.32 Å². The van der Waals surface area contributed by atoms with E-state index < -0.39 is 11.0 Å². The lowest BCUT2D eigenvalue weighted by molar-refractivity contribution is -0.385. The summed E-state index contributed by atoms with van der Waals surface area (Å²) in [6.45, 7) is 5.48. The molecular weight excluding hydrogens is 288 g/mol. The fourth-order valence-electron chi connectivity index (χ4n) is 2.25. The molecule has 1 unspecified atom stereocenters. The minimum atomic E-state index is -0.618. The number of aromatic nitrogens is 4. The predicted molar refractivity (Wildman–Crippen MR) is 79.5 cm³/mol. The molecule has 0 fully saturated rings. The fraction of sp³-hybridized carbons (Fsp3) is 0.462. The van der Waals surface area contributed by atoms with Crippen molar-refractivity contribution >= 4 is 17.3 Å². The lowest BCUT2D eigenvalue weighted by Gasteiger charge is -2.15. The van der Waals surface area contributed by atoms with Gasteiger partial charge in [0.1, 0.15) is 18.4 Å². The Bertz CT molecular complexity index is 717. The van der Waals surface area contributed by atoms with Crippen LogP contribution >= 0.6 is 0 Å². The van der Waals surface area contributed by atoms with Crippen molar-refractivity contribution < 1.29 is 9.72 Å². The van der Waals surface area contributed by atoms with Gasteiger partial charge in [-0.3, -0.25) is 24.3 Å². The number of carbonyl (C=O) groups excluding carboxylic acids is 1. The van der Waals surface area contributed by atoms with Crippen LogP contribution in [0.3, 0.4) is 0 Å². The molecule has 22 heavy (non-hydrogen) atoms. The average molecular weight is 306 g/mol. The first-order chi connectivity index (χ1) is 10.3. The highest BCUT2D eigenvalue weighted by Gasteiger charge is 2.23. The standard InChI is InChI=1S/C13H18N6O3/c1-5-11(18-7-10(6-14-18)19(21)22)13(20)15-12-8(2)16-17(4)9(12)3/h6-7,11H,5H2,1-4H3,(H,15,20). The van der Waals surface area contributed by atoms with Crippen LogP contribution in [-0.2, 0) is 11.8 Å². The molecule has 1 N–H and O–H groups in total. The van der Waals surface area contributed by atoms with Gasteiger partial charge in [-0.05, 0) is 20.3 Å². The van der Waals surface area contributed by atoms with Crippen molar-refractivity contribution in [1.82, 2.24) is 19.6 Å². The molecule has 118 valence electrons. The van der Waals surface area contributed by atoms with Crippen LogP contribution in [0.25, 0.3) is 0 Å². The molecule has 9 nitrogen and oxygen atoms in total. The number of hydrogen-bond acceptors (Lipinski definition) is 5. The summed E-state index contributed by atoms with van der Waals surface area (Å²) < 4.78 is 3.00. The lowest BCUT2D eigenvalue weighted by Crippen LogP contribution is -2.26. The maximum absolute atomic E-state index is 12.5. The highest BCUT2D eigenvalue weighted by Crippen LogP contribution is 2.22. The molecule has 2 heterocycles. The van der Waals surface area contributed by atoms with Crippen LogP contribution in [0.5, 0.6) is 0 Å². The van der Waals surface area contributed by atoms with E-state index in [4.69, 9.17) is 0 Å². The van der Waals surface area contributed by atoms with E-state index in [9.17, 15) is 14.9 Å². The van der Waals surface area contributed by atoms with E-state index in [1.807, 2.05) is 20.8 Å². The number of aryl methyl sites for hydroxylation is 2. The van der Waals surface area contributed by atoms with Crippen LogP contribution in [0.1, 0.15) is 30.8 Å². The Kier molecular flexibility index (Phi) is 4.25. The summed E-state index contributed by atoms with van der Waals surface area (Å²) in [4.78, 5) is 22.6. The molecule has 0 aromatic carbocycles. The van der Waals surface area contributed by atoms with Gasteiger partial charge in [-0.25, -0.2) is 0 Å². The van der Waals surface area contributed by atoms with E-state index in [1.54, 1.807) is 11.7 Å². The maximum atomic E-state index is 12.5. The van der Waals surface area contributed by atoms with E-state index >= 15 is 0 Å². The molecule has 0 aliphatic rings. The highest BCUT2D eigenvalue weighted by atomic mass is 16.6. The zero-order valence-corrected chi connectivity index (χ0v) is 12.9. The van der Waals surface area contributed by atoms with Gasteiger partial charge in [-0.15, -0.1) is 0 Å². The molecule has 0 aliphatic heterocycles. The monoisotopic (exact) mass is 306 g/mol. The minimum Gasteiger partial charge on any atom is -0.321 e. The summed E-state index contributed by atoms with van der Waals surface area (Å²) in [5, 5.41) is 21.7. The van der Waals surface area contributed by atoms with Gasteiger partial charge in [0.25, 0.3) is 0 Å². The number of nitro groups is 1. The summed E-state index contributed by atoms with van der Waals surface area (Å²) in [6.07, 6.45) is 2.86. The topological polar surface area (TPSA) is 108 Å². The van der Waals surface area contributed by atoms with Crippen LogP contribution in [0.15, 0.2) is 12.4 Å². The molecule has 1 atom stereocenters. The molecule has 0 saturated heterocycles. The Morgan fingerprint density at radius 3 is 2.64 bits per heavy atom. The first-order valence-electron chi connectivity index (χ1n) is 6.84. The largest absolute Gasteiger partial charge is 0.321 e. The Morgan fingerprint density at radius 1 is 1.50 bits per heavy atom. The second kappa shape index (κ2) is 5.96. The molecule has 0 bridgehead atoms. The zero-order chi connectivity index (χ0) is 16.4. The van der Waals surface area contributed by atoms with Crippen molar-refractivity contribution in [2.24, 2.45) is 7.05 Å². The molecular formula is C13H18N6O3. The quantitative estimate of drug-likeness (QED) is 0.668. The molecule has 9 heteroatoms. The Labute approximate surface area is 127 Å². The molecule has 0 radical (unpaired) electrons. The normalized spacial score (nSPS) is 12.2. The number of hydrogen-bond donors (Lipinski definition) is 1. The van der Waals surface area contributed by atoms with Crippen LogP contribution in [0, 0.1) is 24.0 Å². The summed E-state index contributed by atoms with van der Waals surface area (Å²) in [5.41, 5.74) is 2.08. The second-order valence-electron chi connectivity index (χ2n) is 5.02. The second-order valence-corrected chi connectivity index (χ2v) is 5.02. The Morgan fingerprint density at radius 2 is 2.18 bits per heavy atom. The number of rotatable bonds is 5. The summed E-state index contributed by atoms with van der Waals surface area (Å²) in [6, 6.07) is -0.618. The predicted octanol–water partition coefficient (Wildman–Crippen LogP) is 1.73. The third-order valence-corrected chi connectivity index (χ3v) is 3.56. The number of anilines is 1. The summed E-state index contributed by atoms with van der Waals surface area (Å²) in [7, 11) is 1.80. The van der Waals surface area contributed by atoms with Gasteiger partial charge in [0.2, 0.25) is 5.91 Å². The van der Waals surface area contributed by atoms with Gasteiger partial charge in [-0.1, -0.05) is 6.92 Å². The number of nitrogens with one attached hydrogen (secondary N) is 1. The molecule has 0 aliphatic carbocycles. The van der Waals surface area contributed by atoms with Crippen LogP contribution in [0.2, 0.25) is 0 Å². The van der Waals surface area contributed by atoms with Crippen molar-refractivity contribution in [3.8, 4) is 0 Å². The number of amides is 1. The third-order valence-electron chi connectivity index (χ3n) is 3.56. The van der Waals surface area contributed by atoms with Crippen LogP contribution in [-0.4, -0.2) is 30.4 Å². The SMILES string of the molecule is CCC(C(=O)Nc1c(C)nn(C)c1C)n1cc([N+](=O)[O-])cn1. The first-order valence-corrected chi connectivity index (χ1v) is 6.84. The highest BCUT2D eigenvalue weighted by molar-refractivity contribution is 5.94. The van der Waals surface area contributed by atoms with Gasteiger partial charge in [0.05, 0.1) is 22.0 Å². The van der Waals surface area contributed by atoms with E-state index in [2.05, 4.69) is 15.5 Å². The summed E-state index contributed by atoms with van der Waals surface area (Å²) >= 11 is 0. The van der Waals surface area contributed by atoms with Gasteiger partial charge in [-0.2, -0.15) is 10.2 Å². The van der Waals surface area contributed by atoms with E-state index in [-0.39, 0.29) is 11.6 Å². The molecule has 2 aromatic heterocycles. The van der Waals surface area contributed by atoms with Gasteiger partial charge in [0, 0.05) is 7.05 Å². The van der Waals surface area contributed by atoms with Crippen LogP contribution < -0.4 is 5.32 Å². The van der Waals surface area contributed by atoms with Crippen molar-refractivity contribution in [3.63, 3.8) is 0 Å². The van der Waals surface area contributed by atoms with E-state index in [0.29, 0.717) is 12.1 Å². The number of nitrogens with zero attached hydrogens (tertiary/aromatic N) is 5. The maximum Gasteiger partial charge on any atom is 0.307 e.